The van der Waals surface area contributed by atoms with Gasteiger partial charge in [0.25, 0.3) is 5.91 Å². The zero-order chi connectivity index (χ0) is 29.8. The molecule has 0 aromatic heterocycles. The van der Waals surface area contributed by atoms with E-state index in [1.165, 1.54) is 0 Å². The van der Waals surface area contributed by atoms with E-state index in [1.807, 2.05) is 72.8 Å². The van der Waals surface area contributed by atoms with Gasteiger partial charge in [-0.1, -0.05) is 57.4 Å². The number of rotatable bonds is 15. The first-order valence-electron chi connectivity index (χ1n) is 13.7. The van der Waals surface area contributed by atoms with Gasteiger partial charge in [0, 0.05) is 54.7 Å². The maximum atomic E-state index is 14.2. The maximum absolute atomic E-state index is 14.2. The molecule has 1 aliphatic rings. The molecule has 10 nitrogen and oxygen atoms in total. The van der Waals surface area contributed by atoms with E-state index < -0.39 is 11.6 Å². The van der Waals surface area contributed by atoms with Crippen LogP contribution in [0.5, 0.6) is 5.75 Å². The van der Waals surface area contributed by atoms with Crippen molar-refractivity contribution in [1.29, 1.82) is 0 Å². The molecule has 220 valence electrons. The number of azide groups is 1. The summed E-state index contributed by atoms with van der Waals surface area (Å²) >= 11 is 3.50. The molecule has 0 bridgehead atoms. The predicted molar refractivity (Wildman–Crippen MR) is 163 cm³/mol. The lowest BCUT2D eigenvalue weighted by Crippen LogP contribution is -2.50. The van der Waals surface area contributed by atoms with Gasteiger partial charge in [0.2, 0.25) is 5.90 Å². The number of aliphatic imine (C=N–C) groups is 1. The molecular formula is C31H34BrN5O5. The van der Waals surface area contributed by atoms with Crippen molar-refractivity contribution in [2.45, 2.75) is 37.5 Å². The van der Waals surface area contributed by atoms with Crippen molar-refractivity contribution in [3.05, 3.63) is 110 Å². The highest BCUT2D eigenvalue weighted by Crippen LogP contribution is 2.43. The van der Waals surface area contributed by atoms with Crippen molar-refractivity contribution >= 4 is 27.7 Å². The first-order chi connectivity index (χ1) is 20.5. The molecule has 0 spiro atoms. The third-order valence-corrected chi connectivity index (χ3v) is 7.42. The van der Waals surface area contributed by atoms with Crippen LogP contribution in [0.3, 0.4) is 0 Å². The van der Waals surface area contributed by atoms with E-state index in [2.05, 4.69) is 31.3 Å². The molecule has 2 N–H and O–H groups in total. The number of methoxy groups -OCH3 is 1. The topological polar surface area (TPSA) is 138 Å². The molecule has 0 unspecified atom stereocenters. The van der Waals surface area contributed by atoms with Crippen LogP contribution in [-0.4, -0.2) is 55.9 Å². The fourth-order valence-electron chi connectivity index (χ4n) is 4.77. The van der Waals surface area contributed by atoms with E-state index in [1.54, 1.807) is 7.11 Å². The summed E-state index contributed by atoms with van der Waals surface area (Å²) in [5.41, 5.74) is 10.7. The lowest BCUT2D eigenvalue weighted by atomic mass is 9.81. The molecule has 3 aromatic rings. The number of hydrogen-bond donors (Lipinski definition) is 2. The Labute approximate surface area is 253 Å². The van der Waals surface area contributed by atoms with Crippen LogP contribution in [-0.2, 0) is 27.2 Å². The summed E-state index contributed by atoms with van der Waals surface area (Å²) in [5.74, 6) is 0.720. The van der Waals surface area contributed by atoms with E-state index in [0.29, 0.717) is 49.8 Å². The Morgan fingerprint density at radius 1 is 1.10 bits per heavy atom. The summed E-state index contributed by atoms with van der Waals surface area (Å²) < 4.78 is 18.3. The quantitative estimate of drug-likeness (QED) is 0.0958. The molecule has 0 saturated carbocycles. The zero-order valence-electron chi connectivity index (χ0n) is 23.4. The standard InChI is InChI=1S/C31H34BrN5O5/c1-40-18-4-16-34-30(39)31(20-24-6-2-3-7-25(24)21-35-37-33)28(22-8-12-26(32)13-9-22)42-29(36-31)23-10-14-27(15-11-23)41-19-5-17-38/h2-3,6-15,28,38H,4-5,16-21H2,1H3,(H,34,39)/t28-,31-/m1/s1. The number of benzene rings is 3. The third-order valence-electron chi connectivity index (χ3n) is 6.90. The maximum Gasteiger partial charge on any atom is 0.252 e. The minimum absolute atomic E-state index is 0.0573. The molecule has 42 heavy (non-hydrogen) atoms. The van der Waals surface area contributed by atoms with Gasteiger partial charge in [0.05, 0.1) is 13.2 Å². The van der Waals surface area contributed by atoms with Gasteiger partial charge in [-0.25, -0.2) is 4.99 Å². The van der Waals surface area contributed by atoms with Crippen LogP contribution < -0.4 is 10.1 Å². The number of carbonyl (C=O) groups excluding carboxylic acids is 1. The normalized spacial score (nSPS) is 17.6. The van der Waals surface area contributed by atoms with Gasteiger partial charge in [-0.05, 0) is 65.0 Å². The number of nitrogens with zero attached hydrogens (tertiary/aromatic N) is 4. The van der Waals surface area contributed by atoms with Crippen LogP contribution in [0.4, 0.5) is 0 Å². The van der Waals surface area contributed by atoms with Gasteiger partial charge in [0.15, 0.2) is 11.6 Å². The molecule has 0 saturated heterocycles. The largest absolute Gasteiger partial charge is 0.494 e. The molecule has 0 fully saturated rings. The van der Waals surface area contributed by atoms with E-state index in [9.17, 15) is 4.79 Å². The minimum atomic E-state index is -1.36. The molecule has 0 aliphatic carbocycles. The van der Waals surface area contributed by atoms with Gasteiger partial charge in [-0.3, -0.25) is 4.79 Å². The smallest absolute Gasteiger partial charge is 0.252 e. The molecule has 1 aliphatic heterocycles. The molecule has 3 aromatic carbocycles. The lowest BCUT2D eigenvalue weighted by molar-refractivity contribution is -0.129. The Kier molecular flexibility index (Phi) is 11.4. The van der Waals surface area contributed by atoms with Gasteiger partial charge in [0.1, 0.15) is 5.75 Å². The molecule has 4 rings (SSSR count). The molecule has 1 heterocycles. The summed E-state index contributed by atoms with van der Waals surface area (Å²) in [6.07, 6.45) is 0.655. The van der Waals surface area contributed by atoms with Crippen LogP contribution in [0.2, 0.25) is 0 Å². The van der Waals surface area contributed by atoms with Crippen LogP contribution in [0.1, 0.15) is 41.2 Å². The molecule has 2 atom stereocenters. The third kappa shape index (κ3) is 7.68. The van der Waals surface area contributed by atoms with Crippen LogP contribution >= 0.6 is 15.9 Å². The Hall–Kier alpha value is -3.89. The van der Waals surface area contributed by atoms with Crippen LogP contribution in [0.15, 0.2) is 87.4 Å². The minimum Gasteiger partial charge on any atom is -0.494 e. The summed E-state index contributed by atoms with van der Waals surface area (Å²) in [7, 11) is 1.62. The Bertz CT molecular complexity index is 1410. The highest BCUT2D eigenvalue weighted by molar-refractivity contribution is 9.10. The molecular weight excluding hydrogens is 602 g/mol. The van der Waals surface area contributed by atoms with Crippen molar-refractivity contribution in [3.63, 3.8) is 0 Å². The number of nitrogens with one attached hydrogen (secondary N) is 1. The fourth-order valence-corrected chi connectivity index (χ4v) is 5.04. The number of halogens is 1. The highest BCUT2D eigenvalue weighted by Gasteiger charge is 2.53. The van der Waals surface area contributed by atoms with Crippen molar-refractivity contribution in [2.75, 3.05) is 33.5 Å². The van der Waals surface area contributed by atoms with Crippen molar-refractivity contribution in [1.82, 2.24) is 5.32 Å². The zero-order valence-corrected chi connectivity index (χ0v) is 25.0. The number of aliphatic hydroxyl groups is 1. The van der Waals surface area contributed by atoms with Crippen LogP contribution in [0.25, 0.3) is 10.4 Å². The van der Waals surface area contributed by atoms with Crippen molar-refractivity contribution in [2.24, 2.45) is 10.1 Å². The molecule has 0 radical (unpaired) electrons. The Morgan fingerprint density at radius 2 is 1.83 bits per heavy atom. The summed E-state index contributed by atoms with van der Waals surface area (Å²) in [6, 6.07) is 22.5. The Balaban J connectivity index is 1.79. The second-order valence-electron chi connectivity index (χ2n) is 9.78. The first kappa shape index (κ1) is 31.1. The lowest BCUT2D eigenvalue weighted by Gasteiger charge is -2.31. The van der Waals surface area contributed by atoms with Crippen LogP contribution in [0, 0.1) is 0 Å². The number of amides is 1. The molecule has 1 amide bonds. The average molecular weight is 637 g/mol. The number of carbonyl (C=O) groups is 1. The first-order valence-corrected chi connectivity index (χ1v) is 14.5. The van der Waals surface area contributed by atoms with E-state index >= 15 is 0 Å². The van der Waals surface area contributed by atoms with Gasteiger partial charge < -0.3 is 24.6 Å². The van der Waals surface area contributed by atoms with Crippen molar-refractivity contribution < 1.29 is 24.1 Å². The molecule has 11 heteroatoms. The van der Waals surface area contributed by atoms with Gasteiger partial charge >= 0.3 is 0 Å². The highest BCUT2D eigenvalue weighted by atomic mass is 79.9. The summed E-state index contributed by atoms with van der Waals surface area (Å²) in [4.78, 5) is 22.2. The van der Waals surface area contributed by atoms with E-state index in [4.69, 9.17) is 29.8 Å². The Morgan fingerprint density at radius 3 is 2.52 bits per heavy atom. The number of hydrogen-bond acceptors (Lipinski definition) is 7. The van der Waals surface area contributed by atoms with Gasteiger partial charge in [-0.15, -0.1) is 0 Å². The van der Waals surface area contributed by atoms with E-state index in [-0.39, 0.29) is 25.5 Å². The SMILES string of the molecule is COCCCNC(=O)[C@]1(Cc2ccccc2CN=[N+]=[N-])N=C(c2ccc(OCCCO)cc2)O[C@@H]1c1ccc(Br)cc1. The van der Waals surface area contributed by atoms with Gasteiger partial charge in [-0.2, -0.15) is 0 Å². The average Bonchev–Trinajstić information content (AvgIpc) is 3.40. The summed E-state index contributed by atoms with van der Waals surface area (Å²) in [5, 5.41) is 15.9. The second kappa shape index (κ2) is 15.4. The fraction of sp³-hybridized carbons (Fsp3) is 0.355. The predicted octanol–water partition coefficient (Wildman–Crippen LogP) is 5.67. The van der Waals surface area contributed by atoms with Crippen molar-refractivity contribution in [3.8, 4) is 5.75 Å². The number of aliphatic hydroxyl groups excluding tert-OH is 1. The number of ether oxygens (including phenoxy) is 3. The summed E-state index contributed by atoms with van der Waals surface area (Å²) in [6.45, 7) is 1.53. The monoisotopic (exact) mass is 635 g/mol. The second-order valence-corrected chi connectivity index (χ2v) is 10.7. The van der Waals surface area contributed by atoms with E-state index in [0.717, 1.165) is 21.2 Å².